The first-order valence-electron chi connectivity index (χ1n) is 22.1. The molecule has 66 heavy (non-hydrogen) atoms. The second-order valence-corrected chi connectivity index (χ2v) is 18.3. The molecule has 5 aliphatic rings. The van der Waals surface area contributed by atoms with E-state index in [1.807, 2.05) is 28.8 Å². The minimum atomic E-state index is -1.73. The average molecular weight is 922 g/mol. The Morgan fingerprint density at radius 2 is 1.68 bits per heavy atom. The summed E-state index contributed by atoms with van der Waals surface area (Å²) < 4.78 is 54.9. The number of piperidine rings is 2. The number of rotatable bonds is 11. The van der Waals surface area contributed by atoms with Gasteiger partial charge in [0.05, 0.1) is 30.7 Å². The van der Waals surface area contributed by atoms with Crippen molar-refractivity contribution in [1.29, 1.82) is 0 Å². The summed E-state index contributed by atoms with van der Waals surface area (Å²) in [5.74, 6) is -3.11. The van der Waals surface area contributed by atoms with Crippen molar-refractivity contribution in [2.75, 3.05) is 54.4 Å². The number of nitrogens with one attached hydrogen (secondary N) is 2. The van der Waals surface area contributed by atoms with Gasteiger partial charge in [0.25, 0.3) is 17.7 Å². The van der Waals surface area contributed by atoms with Crippen molar-refractivity contribution in [2.45, 2.75) is 75.8 Å². The second kappa shape index (κ2) is 17.6. The molecule has 5 amide bonds. The highest BCUT2D eigenvalue weighted by molar-refractivity contribution is 7.13. The highest BCUT2D eigenvalue weighted by Crippen LogP contribution is 2.39. The summed E-state index contributed by atoms with van der Waals surface area (Å²) in [6, 6.07) is 13.8. The summed E-state index contributed by atoms with van der Waals surface area (Å²) in [5.41, 5.74) is 2.43. The van der Waals surface area contributed by atoms with Gasteiger partial charge >= 0.3 is 0 Å². The number of ether oxygens (including phenoxy) is 1. The molecule has 7 heterocycles. The number of amides is 5. The molecule has 0 bridgehead atoms. The van der Waals surface area contributed by atoms with Crippen molar-refractivity contribution in [2.24, 2.45) is 0 Å². The molecule has 0 aliphatic carbocycles. The number of imidazole rings is 1. The first-order valence-corrected chi connectivity index (χ1v) is 23.0. The Balaban J connectivity index is 0.735. The van der Waals surface area contributed by atoms with E-state index in [-0.39, 0.29) is 86.1 Å². The maximum absolute atomic E-state index is 16.1. The van der Waals surface area contributed by atoms with E-state index in [1.54, 1.807) is 39.8 Å². The van der Waals surface area contributed by atoms with Gasteiger partial charge in [0, 0.05) is 98.8 Å². The van der Waals surface area contributed by atoms with Crippen LogP contribution >= 0.6 is 11.3 Å². The molecule has 2 atom stereocenters. The number of imide groups is 1. The lowest BCUT2D eigenvalue weighted by atomic mass is 9.89. The van der Waals surface area contributed by atoms with Crippen molar-refractivity contribution < 1.29 is 41.9 Å². The van der Waals surface area contributed by atoms with E-state index in [0.29, 0.717) is 54.6 Å². The van der Waals surface area contributed by atoms with Crippen molar-refractivity contribution in [1.82, 2.24) is 29.7 Å². The van der Waals surface area contributed by atoms with Crippen LogP contribution in [0.5, 0.6) is 5.75 Å². The molecule has 2 N–H and O–H groups in total. The molecular weight excluding hydrogens is 876 g/mol. The van der Waals surface area contributed by atoms with E-state index in [1.165, 1.54) is 34.4 Å². The number of hydrogen-bond acceptors (Lipinski definition) is 11. The van der Waals surface area contributed by atoms with Crippen molar-refractivity contribution in [3.63, 3.8) is 0 Å². The van der Waals surface area contributed by atoms with Crippen LogP contribution in [-0.2, 0) is 38.7 Å². The van der Waals surface area contributed by atoms with Crippen LogP contribution in [0.1, 0.15) is 71.9 Å². The average Bonchev–Trinajstić information content (AvgIpc) is 4.13. The van der Waals surface area contributed by atoms with Gasteiger partial charge in [-0.15, -0.1) is 11.3 Å². The van der Waals surface area contributed by atoms with Gasteiger partial charge in [-0.05, 0) is 73.2 Å². The Hall–Kier alpha value is -6.76. The molecule has 1 unspecified atom stereocenters. The Kier molecular flexibility index (Phi) is 11.5. The molecule has 3 saturated heterocycles. The zero-order valence-electron chi connectivity index (χ0n) is 35.8. The zero-order valence-corrected chi connectivity index (χ0v) is 36.6. The number of carbonyl (C=O) groups is 5. The van der Waals surface area contributed by atoms with Crippen LogP contribution in [0, 0.1) is 11.6 Å². The number of piperazine rings is 1. The maximum atomic E-state index is 16.1. The predicted octanol–water partition coefficient (Wildman–Crippen LogP) is 5.80. The van der Waals surface area contributed by atoms with Crippen molar-refractivity contribution in [3.8, 4) is 16.9 Å². The number of benzene rings is 3. The molecule has 342 valence electrons. The third-order valence-electron chi connectivity index (χ3n) is 13.3. The molecular formula is C47H46F3N9O6S. The summed E-state index contributed by atoms with van der Waals surface area (Å²) in [6.07, 6.45) is 4.16. The highest BCUT2D eigenvalue weighted by Gasteiger charge is 2.43. The smallest absolute Gasteiger partial charge is 0.267 e. The summed E-state index contributed by atoms with van der Waals surface area (Å²) in [6.45, 7) is 2.96. The van der Waals surface area contributed by atoms with E-state index < -0.39 is 47.2 Å². The number of alkyl halides is 1. The quantitative estimate of drug-likeness (QED) is 0.155. The van der Waals surface area contributed by atoms with Gasteiger partial charge in [-0.2, -0.15) is 0 Å². The lowest BCUT2D eigenvalue weighted by Crippen LogP contribution is -2.51. The number of anilines is 3. The van der Waals surface area contributed by atoms with Crippen LogP contribution < -0.4 is 25.2 Å². The van der Waals surface area contributed by atoms with Crippen LogP contribution in [0.4, 0.5) is 29.7 Å². The molecule has 0 spiro atoms. The second-order valence-electron chi connectivity index (χ2n) is 17.4. The predicted molar refractivity (Wildman–Crippen MR) is 238 cm³/mol. The van der Waals surface area contributed by atoms with Crippen molar-refractivity contribution in [3.05, 3.63) is 107 Å². The van der Waals surface area contributed by atoms with Crippen LogP contribution in [0.3, 0.4) is 0 Å². The molecule has 15 nitrogen and oxygen atoms in total. The minimum Gasteiger partial charge on any atom is -0.480 e. The van der Waals surface area contributed by atoms with E-state index in [0.717, 1.165) is 24.3 Å². The summed E-state index contributed by atoms with van der Waals surface area (Å²) in [7, 11) is 0. The molecule has 10 rings (SSSR count). The number of aromatic nitrogens is 3. The first kappa shape index (κ1) is 43.1. The summed E-state index contributed by atoms with van der Waals surface area (Å²) >= 11 is 1.26. The highest BCUT2D eigenvalue weighted by atomic mass is 32.1. The zero-order chi connectivity index (χ0) is 45.7. The van der Waals surface area contributed by atoms with E-state index in [9.17, 15) is 24.0 Å². The number of carbonyl (C=O) groups excluding carboxylic acids is 5. The molecule has 5 aliphatic heterocycles. The Labute approximate surface area is 381 Å². The Bertz CT molecular complexity index is 2720. The number of aryl methyl sites for hydroxylation is 1. The largest absolute Gasteiger partial charge is 0.480 e. The summed E-state index contributed by atoms with van der Waals surface area (Å²) in [4.78, 5) is 80.5. The van der Waals surface area contributed by atoms with E-state index in [4.69, 9.17) is 4.74 Å². The number of thiazole rings is 1. The summed E-state index contributed by atoms with van der Waals surface area (Å²) in [5, 5.41) is 7.16. The number of fused-ring (bicyclic) bond motifs is 2. The number of hydrogen-bond donors (Lipinski definition) is 2. The Morgan fingerprint density at radius 1 is 0.894 bits per heavy atom. The molecule has 3 aromatic carbocycles. The molecule has 5 aromatic rings. The van der Waals surface area contributed by atoms with Gasteiger partial charge in [0.2, 0.25) is 11.8 Å². The van der Waals surface area contributed by atoms with Gasteiger partial charge < -0.3 is 28.9 Å². The van der Waals surface area contributed by atoms with E-state index in [2.05, 4.69) is 25.5 Å². The number of nitrogens with zero attached hydrogens (tertiary/aromatic N) is 7. The molecule has 0 radical (unpaired) electrons. The fraction of sp³-hybridized carbons (Fsp3) is 0.383. The monoisotopic (exact) mass is 921 g/mol. The van der Waals surface area contributed by atoms with Crippen LogP contribution in [-0.4, -0.2) is 105 Å². The van der Waals surface area contributed by atoms with Gasteiger partial charge in [-0.25, -0.2) is 23.1 Å². The lowest BCUT2D eigenvalue weighted by Gasteiger charge is -2.40. The first-order chi connectivity index (χ1) is 31.9. The SMILES string of the molecule is O=C1CC[C@H](Oc2ccc(N3CCC(F)(CC(=O)N4CCN(c5ccc(-c6cc(F)c7c(c6)C(=O)N(C(C(=O)Nc6nccs6)c6ncn8c6CCC8)C7)cc5)CC4)CC3)c(F)c2)C(=O)N1. The van der Waals surface area contributed by atoms with Crippen LogP contribution in [0.15, 0.2) is 72.5 Å². The standard InChI is InChI=1S/C47H46F3N9O6S/c48-34-23-29(22-32-33(34)26-59(45(32)64)42(44(63)54-46-51-13-21-66-46)41-37-2-1-14-58(37)27-52-41)28-3-5-30(6-4-28)55-17-19-57(20-18-55)40(61)25-47(50)11-15-56(16-12-47)36-8-7-31(24-35(36)49)65-38-9-10-39(60)53-43(38)62/h3-8,13,21-24,27,38,42H,1-2,9-12,14-20,25-26H2,(H,51,54,63)(H,53,60,62)/t38-,42?/m0/s1. The van der Waals surface area contributed by atoms with Gasteiger partial charge in [-0.1, -0.05) is 12.1 Å². The normalized spacial score (nSPS) is 19.7. The van der Waals surface area contributed by atoms with E-state index >= 15 is 13.2 Å². The molecule has 19 heteroatoms. The van der Waals surface area contributed by atoms with Crippen LogP contribution in [0.2, 0.25) is 0 Å². The fourth-order valence-electron chi connectivity index (χ4n) is 9.72. The van der Waals surface area contributed by atoms with Gasteiger partial charge in [0.15, 0.2) is 17.3 Å². The van der Waals surface area contributed by atoms with Crippen molar-refractivity contribution >= 4 is 57.4 Å². The minimum absolute atomic E-state index is 0.0537. The fourth-order valence-corrected chi connectivity index (χ4v) is 10.3. The molecule has 3 fully saturated rings. The van der Waals surface area contributed by atoms with Gasteiger partial charge in [0.1, 0.15) is 23.1 Å². The third-order valence-corrected chi connectivity index (χ3v) is 14.0. The molecule has 2 aromatic heterocycles. The van der Waals surface area contributed by atoms with Gasteiger partial charge in [-0.3, -0.25) is 34.6 Å². The number of halogens is 3. The van der Waals surface area contributed by atoms with Crippen LogP contribution in [0.25, 0.3) is 11.1 Å². The lowest BCUT2D eigenvalue weighted by molar-refractivity contribution is -0.139. The molecule has 0 saturated carbocycles. The topological polar surface area (TPSA) is 162 Å². The maximum Gasteiger partial charge on any atom is 0.267 e. The Morgan fingerprint density at radius 3 is 2.41 bits per heavy atom. The third kappa shape index (κ3) is 8.47.